The van der Waals surface area contributed by atoms with E-state index in [0.29, 0.717) is 17.3 Å². The second-order valence-electron chi connectivity index (χ2n) is 6.94. The van der Waals surface area contributed by atoms with Crippen LogP contribution in [-0.2, 0) is 4.79 Å². The van der Waals surface area contributed by atoms with Gasteiger partial charge in [0, 0.05) is 24.7 Å². The molecule has 0 saturated heterocycles. The number of nitrogens with zero attached hydrogens (tertiary/aromatic N) is 1. The highest BCUT2D eigenvalue weighted by atomic mass is 32.1. The van der Waals surface area contributed by atoms with Crippen molar-refractivity contribution in [2.75, 3.05) is 11.9 Å². The van der Waals surface area contributed by atoms with Crippen molar-refractivity contribution in [2.45, 2.75) is 40.5 Å². The van der Waals surface area contributed by atoms with Crippen molar-refractivity contribution in [1.82, 2.24) is 0 Å². The van der Waals surface area contributed by atoms with Crippen LogP contribution in [0.5, 0.6) is 0 Å². The molecule has 1 amide bonds. The van der Waals surface area contributed by atoms with Crippen LogP contribution >= 0.6 is 12.2 Å². The fourth-order valence-electron chi connectivity index (χ4n) is 2.56. The zero-order valence-electron chi connectivity index (χ0n) is 13.6. The Morgan fingerprint density at radius 3 is 2.52 bits per heavy atom. The van der Waals surface area contributed by atoms with Crippen molar-refractivity contribution < 1.29 is 4.79 Å². The monoisotopic (exact) mass is 306 g/mol. The fourth-order valence-corrected chi connectivity index (χ4v) is 2.69. The van der Waals surface area contributed by atoms with Crippen molar-refractivity contribution in [3.8, 4) is 0 Å². The van der Waals surface area contributed by atoms with Gasteiger partial charge in [-0.3, -0.25) is 4.79 Å². The number of carbonyl (C=O) groups excluding carboxylic acids is 1. The van der Waals surface area contributed by atoms with Gasteiger partial charge in [0.15, 0.2) is 0 Å². The Hall–Kier alpha value is -1.42. The maximum absolute atomic E-state index is 12.4. The van der Waals surface area contributed by atoms with E-state index in [4.69, 9.17) is 18.0 Å². The van der Waals surface area contributed by atoms with Gasteiger partial charge in [-0.05, 0) is 29.9 Å². The number of hydrogen-bond acceptors (Lipinski definition) is 2. The summed E-state index contributed by atoms with van der Waals surface area (Å²) in [6, 6.07) is 7.47. The van der Waals surface area contributed by atoms with Crippen LogP contribution in [0.4, 0.5) is 5.69 Å². The molecule has 0 spiro atoms. The van der Waals surface area contributed by atoms with Crippen molar-refractivity contribution in [3.05, 3.63) is 29.8 Å². The molecule has 0 aliphatic carbocycles. The average molecular weight is 306 g/mol. The average Bonchev–Trinajstić information content (AvgIpc) is 2.35. The number of rotatable bonds is 5. The van der Waals surface area contributed by atoms with Crippen molar-refractivity contribution in [3.63, 3.8) is 0 Å². The minimum atomic E-state index is 0.117. The first-order chi connectivity index (χ1) is 9.60. The molecule has 116 valence electrons. The second kappa shape index (κ2) is 7.03. The van der Waals surface area contributed by atoms with Gasteiger partial charge in [-0.1, -0.05) is 52.0 Å². The summed E-state index contributed by atoms with van der Waals surface area (Å²) in [7, 11) is 1.80. The highest BCUT2D eigenvalue weighted by Gasteiger charge is 2.20. The van der Waals surface area contributed by atoms with Gasteiger partial charge < -0.3 is 10.6 Å². The largest absolute Gasteiger partial charge is 0.389 e. The molecule has 0 bridgehead atoms. The van der Waals surface area contributed by atoms with Crippen LogP contribution in [-0.4, -0.2) is 17.9 Å². The van der Waals surface area contributed by atoms with E-state index in [-0.39, 0.29) is 11.3 Å². The van der Waals surface area contributed by atoms with Gasteiger partial charge >= 0.3 is 0 Å². The molecular weight excluding hydrogens is 280 g/mol. The van der Waals surface area contributed by atoms with Gasteiger partial charge in [0.25, 0.3) is 0 Å². The lowest BCUT2D eigenvalue weighted by molar-refractivity contribution is -0.119. The third-order valence-electron chi connectivity index (χ3n) is 3.38. The van der Waals surface area contributed by atoms with E-state index < -0.39 is 0 Å². The Labute approximate surface area is 133 Å². The molecule has 1 unspecified atom stereocenters. The Bertz CT molecular complexity index is 520. The summed E-state index contributed by atoms with van der Waals surface area (Å²) in [5.41, 5.74) is 7.49. The highest BCUT2D eigenvalue weighted by molar-refractivity contribution is 7.80. The van der Waals surface area contributed by atoms with E-state index in [1.165, 1.54) is 0 Å². The minimum absolute atomic E-state index is 0.117. The number of nitrogens with two attached hydrogens (primary N) is 1. The SMILES string of the molecule is CC(CC(=O)N(C)c1cccc(C(N)=S)c1)CC(C)(C)C. The Balaban J connectivity index is 2.74. The quantitative estimate of drug-likeness (QED) is 0.843. The Morgan fingerprint density at radius 1 is 1.38 bits per heavy atom. The molecule has 1 aromatic rings. The maximum Gasteiger partial charge on any atom is 0.226 e. The first-order valence-electron chi connectivity index (χ1n) is 7.26. The summed E-state index contributed by atoms with van der Waals surface area (Å²) in [5, 5.41) is 0. The van der Waals surface area contributed by atoms with Crippen molar-refractivity contribution in [2.24, 2.45) is 17.1 Å². The molecule has 1 atom stereocenters. The minimum Gasteiger partial charge on any atom is -0.389 e. The van der Waals surface area contributed by atoms with E-state index in [1.807, 2.05) is 24.3 Å². The highest BCUT2D eigenvalue weighted by Crippen LogP contribution is 2.27. The maximum atomic E-state index is 12.4. The summed E-state index contributed by atoms with van der Waals surface area (Å²) < 4.78 is 0. The predicted molar refractivity (Wildman–Crippen MR) is 93.6 cm³/mol. The van der Waals surface area contributed by atoms with Gasteiger partial charge in [0.05, 0.1) is 0 Å². The topological polar surface area (TPSA) is 46.3 Å². The number of hydrogen-bond donors (Lipinski definition) is 1. The molecule has 0 aromatic heterocycles. The second-order valence-corrected chi connectivity index (χ2v) is 7.38. The first-order valence-corrected chi connectivity index (χ1v) is 7.67. The normalized spacial score (nSPS) is 12.8. The fraction of sp³-hybridized carbons (Fsp3) is 0.529. The summed E-state index contributed by atoms with van der Waals surface area (Å²) in [4.78, 5) is 14.4. The van der Waals surface area contributed by atoms with Crippen molar-refractivity contribution >= 4 is 28.8 Å². The molecule has 0 heterocycles. The van der Waals surface area contributed by atoms with Crippen LogP contribution in [0.25, 0.3) is 0 Å². The van der Waals surface area contributed by atoms with Crippen LogP contribution < -0.4 is 10.6 Å². The molecule has 0 saturated carbocycles. The number of benzene rings is 1. The standard InChI is InChI=1S/C17H26N2OS/c1-12(11-17(2,3)4)9-15(20)19(5)14-8-6-7-13(10-14)16(18)21/h6-8,10,12H,9,11H2,1-5H3,(H2,18,21). The Morgan fingerprint density at radius 2 is 2.00 bits per heavy atom. The van der Waals surface area contributed by atoms with Gasteiger partial charge in [-0.25, -0.2) is 0 Å². The third kappa shape index (κ3) is 5.84. The third-order valence-corrected chi connectivity index (χ3v) is 3.61. The summed E-state index contributed by atoms with van der Waals surface area (Å²) >= 11 is 4.98. The van der Waals surface area contributed by atoms with Crippen LogP contribution in [0.3, 0.4) is 0 Å². The van der Waals surface area contributed by atoms with Crippen LogP contribution in [0, 0.1) is 11.3 Å². The molecule has 1 rings (SSSR count). The number of carbonyl (C=O) groups is 1. The lowest BCUT2D eigenvalue weighted by atomic mass is 9.84. The van der Waals surface area contributed by atoms with Gasteiger partial charge in [-0.2, -0.15) is 0 Å². The predicted octanol–water partition coefficient (Wildman–Crippen LogP) is 3.75. The molecule has 0 radical (unpaired) electrons. The lowest BCUT2D eigenvalue weighted by Gasteiger charge is -2.25. The van der Waals surface area contributed by atoms with Crippen LogP contribution in [0.15, 0.2) is 24.3 Å². The van der Waals surface area contributed by atoms with E-state index in [2.05, 4.69) is 27.7 Å². The molecule has 21 heavy (non-hydrogen) atoms. The van der Waals surface area contributed by atoms with E-state index >= 15 is 0 Å². The molecule has 0 aliphatic heterocycles. The van der Waals surface area contributed by atoms with Gasteiger partial charge in [0.2, 0.25) is 5.91 Å². The zero-order chi connectivity index (χ0) is 16.2. The van der Waals surface area contributed by atoms with Crippen LogP contribution in [0.1, 0.15) is 46.1 Å². The molecule has 3 nitrogen and oxygen atoms in total. The van der Waals surface area contributed by atoms with Crippen molar-refractivity contribution in [1.29, 1.82) is 0 Å². The Kier molecular flexibility index (Phi) is 5.90. The lowest BCUT2D eigenvalue weighted by Crippen LogP contribution is -2.28. The van der Waals surface area contributed by atoms with Crippen LogP contribution in [0.2, 0.25) is 0 Å². The number of anilines is 1. The van der Waals surface area contributed by atoms with Gasteiger partial charge in [-0.15, -0.1) is 0 Å². The molecule has 0 aliphatic rings. The smallest absolute Gasteiger partial charge is 0.226 e. The molecule has 1 aromatic carbocycles. The molecular formula is C17H26N2OS. The summed E-state index contributed by atoms with van der Waals surface area (Å²) in [5.74, 6) is 0.477. The van der Waals surface area contributed by atoms with Gasteiger partial charge in [0.1, 0.15) is 4.99 Å². The number of thiocarbonyl (C=S) groups is 1. The van der Waals surface area contributed by atoms with E-state index in [0.717, 1.165) is 17.7 Å². The zero-order valence-corrected chi connectivity index (χ0v) is 14.5. The number of amides is 1. The van der Waals surface area contributed by atoms with E-state index in [1.54, 1.807) is 11.9 Å². The molecule has 0 fully saturated rings. The molecule has 4 heteroatoms. The molecule has 2 N–H and O–H groups in total. The van der Waals surface area contributed by atoms with E-state index in [9.17, 15) is 4.79 Å². The summed E-state index contributed by atoms with van der Waals surface area (Å²) in [6.45, 7) is 8.72. The summed E-state index contributed by atoms with van der Waals surface area (Å²) in [6.07, 6.45) is 1.57. The first kappa shape index (κ1) is 17.6.